The van der Waals surface area contributed by atoms with Crippen LogP contribution in [0.25, 0.3) is 0 Å². The van der Waals surface area contributed by atoms with Gasteiger partial charge in [-0.15, -0.1) is 0 Å². The van der Waals surface area contributed by atoms with Gasteiger partial charge in [-0.2, -0.15) is 0 Å². The van der Waals surface area contributed by atoms with E-state index in [4.69, 9.17) is 5.11 Å². The first-order valence-corrected chi connectivity index (χ1v) is 5.42. The SMILES string of the molecule is O=C(O)c1cc(/N=C/c2ccc(F)cc2)ccc1O. The number of hydrogen-bond donors (Lipinski definition) is 2. The molecule has 0 aliphatic rings. The number of benzene rings is 2. The highest BCUT2D eigenvalue weighted by Gasteiger charge is 2.09. The maximum absolute atomic E-state index is 12.7. The second-order valence-electron chi connectivity index (χ2n) is 3.82. The molecule has 2 N–H and O–H groups in total. The third-order valence-corrected chi connectivity index (χ3v) is 2.44. The van der Waals surface area contributed by atoms with Gasteiger partial charge < -0.3 is 10.2 Å². The molecule has 96 valence electrons. The van der Waals surface area contributed by atoms with Crippen LogP contribution >= 0.6 is 0 Å². The highest BCUT2D eigenvalue weighted by atomic mass is 19.1. The van der Waals surface area contributed by atoms with Crippen molar-refractivity contribution in [3.8, 4) is 5.75 Å². The first-order chi connectivity index (χ1) is 9.06. The van der Waals surface area contributed by atoms with Crippen LogP contribution in [-0.2, 0) is 0 Å². The van der Waals surface area contributed by atoms with E-state index in [1.807, 2.05) is 0 Å². The summed E-state index contributed by atoms with van der Waals surface area (Å²) in [6.45, 7) is 0. The van der Waals surface area contributed by atoms with Crippen LogP contribution in [0.1, 0.15) is 15.9 Å². The van der Waals surface area contributed by atoms with E-state index in [9.17, 15) is 14.3 Å². The van der Waals surface area contributed by atoms with Crippen molar-refractivity contribution in [2.75, 3.05) is 0 Å². The van der Waals surface area contributed by atoms with Crippen LogP contribution in [0.5, 0.6) is 5.75 Å². The number of carboxylic acid groups (broad SMARTS) is 1. The maximum Gasteiger partial charge on any atom is 0.339 e. The van der Waals surface area contributed by atoms with Crippen LogP contribution in [-0.4, -0.2) is 22.4 Å². The Hall–Kier alpha value is -2.69. The van der Waals surface area contributed by atoms with Gasteiger partial charge in [-0.3, -0.25) is 4.99 Å². The zero-order valence-corrected chi connectivity index (χ0v) is 9.75. The smallest absolute Gasteiger partial charge is 0.339 e. The number of nitrogens with zero attached hydrogens (tertiary/aromatic N) is 1. The number of aromatic hydroxyl groups is 1. The number of rotatable bonds is 3. The molecule has 0 aliphatic carbocycles. The molecule has 0 spiro atoms. The number of carbonyl (C=O) groups is 1. The average molecular weight is 259 g/mol. The molecule has 0 bridgehead atoms. The van der Waals surface area contributed by atoms with Gasteiger partial charge in [0.15, 0.2) is 0 Å². The highest BCUT2D eigenvalue weighted by Crippen LogP contribution is 2.23. The summed E-state index contributed by atoms with van der Waals surface area (Å²) in [5.41, 5.74) is 0.861. The molecule has 2 rings (SSSR count). The Bertz CT molecular complexity index is 636. The molecule has 0 aromatic heterocycles. The van der Waals surface area contributed by atoms with Crippen molar-refractivity contribution < 1.29 is 19.4 Å². The lowest BCUT2D eigenvalue weighted by Gasteiger charge is -2.00. The van der Waals surface area contributed by atoms with Gasteiger partial charge in [0.25, 0.3) is 0 Å². The summed E-state index contributed by atoms with van der Waals surface area (Å²) in [4.78, 5) is 14.9. The molecule has 0 fully saturated rings. The summed E-state index contributed by atoms with van der Waals surface area (Å²) in [6, 6.07) is 9.73. The fourth-order valence-electron chi connectivity index (χ4n) is 1.47. The van der Waals surface area contributed by atoms with E-state index >= 15 is 0 Å². The normalized spacial score (nSPS) is 10.8. The van der Waals surface area contributed by atoms with Crippen molar-refractivity contribution in [3.05, 3.63) is 59.4 Å². The monoisotopic (exact) mass is 259 g/mol. The van der Waals surface area contributed by atoms with Gasteiger partial charge in [-0.25, -0.2) is 9.18 Å². The lowest BCUT2D eigenvalue weighted by molar-refractivity contribution is 0.0694. The molecule has 0 atom stereocenters. The third kappa shape index (κ3) is 3.16. The Labute approximate surface area is 108 Å². The minimum atomic E-state index is -1.23. The zero-order chi connectivity index (χ0) is 13.8. The summed E-state index contributed by atoms with van der Waals surface area (Å²) in [6.07, 6.45) is 1.48. The van der Waals surface area contributed by atoms with Crippen molar-refractivity contribution in [3.63, 3.8) is 0 Å². The number of phenols is 1. The first kappa shape index (κ1) is 12.8. The Morgan fingerprint density at radius 3 is 2.47 bits per heavy atom. The van der Waals surface area contributed by atoms with Crippen molar-refractivity contribution in [1.82, 2.24) is 0 Å². The first-order valence-electron chi connectivity index (χ1n) is 5.42. The second-order valence-corrected chi connectivity index (χ2v) is 3.82. The van der Waals surface area contributed by atoms with Crippen LogP contribution in [0, 0.1) is 5.82 Å². The van der Waals surface area contributed by atoms with E-state index in [2.05, 4.69) is 4.99 Å². The van der Waals surface area contributed by atoms with Crippen molar-refractivity contribution in [2.45, 2.75) is 0 Å². The predicted octanol–water partition coefficient (Wildman–Crippen LogP) is 2.98. The van der Waals surface area contributed by atoms with Crippen LogP contribution < -0.4 is 0 Å². The van der Waals surface area contributed by atoms with E-state index in [-0.39, 0.29) is 17.1 Å². The fraction of sp³-hybridized carbons (Fsp3) is 0. The summed E-state index contributed by atoms with van der Waals surface area (Å²) in [5.74, 6) is -1.88. The number of hydrogen-bond acceptors (Lipinski definition) is 3. The van der Waals surface area contributed by atoms with Gasteiger partial charge in [0.05, 0.1) is 5.69 Å². The number of halogens is 1. The standard InChI is InChI=1S/C14H10FNO3/c15-10-3-1-9(2-4-10)8-16-11-5-6-13(17)12(7-11)14(18)19/h1-8,17H,(H,18,19)/b16-8+. The lowest BCUT2D eigenvalue weighted by Crippen LogP contribution is -1.95. The van der Waals surface area contributed by atoms with Gasteiger partial charge in [0.1, 0.15) is 17.1 Å². The Morgan fingerprint density at radius 2 is 1.84 bits per heavy atom. The van der Waals surface area contributed by atoms with Crippen molar-refractivity contribution in [1.29, 1.82) is 0 Å². The molecule has 0 saturated carbocycles. The van der Waals surface area contributed by atoms with Gasteiger partial charge in [-0.1, -0.05) is 12.1 Å². The van der Waals surface area contributed by atoms with Crippen molar-refractivity contribution >= 4 is 17.9 Å². The Balaban J connectivity index is 2.26. The molecule has 0 saturated heterocycles. The summed E-state index contributed by atoms with van der Waals surface area (Å²) >= 11 is 0. The molecule has 0 radical (unpaired) electrons. The highest BCUT2D eigenvalue weighted by molar-refractivity contribution is 5.92. The van der Waals surface area contributed by atoms with Crippen LogP contribution in [0.15, 0.2) is 47.5 Å². The molecule has 0 amide bonds. The molecule has 2 aromatic carbocycles. The molecular formula is C14H10FNO3. The van der Waals surface area contributed by atoms with Gasteiger partial charge in [0.2, 0.25) is 0 Å². The molecule has 19 heavy (non-hydrogen) atoms. The minimum absolute atomic E-state index is 0.214. The van der Waals surface area contributed by atoms with Crippen LogP contribution in [0.2, 0.25) is 0 Å². The van der Waals surface area contributed by atoms with Crippen LogP contribution in [0.3, 0.4) is 0 Å². The van der Waals surface area contributed by atoms with E-state index in [1.165, 1.54) is 36.5 Å². The van der Waals surface area contributed by atoms with Crippen LogP contribution in [0.4, 0.5) is 10.1 Å². The third-order valence-electron chi connectivity index (χ3n) is 2.44. The fourth-order valence-corrected chi connectivity index (χ4v) is 1.47. The quantitative estimate of drug-likeness (QED) is 0.832. The zero-order valence-electron chi connectivity index (χ0n) is 9.75. The molecule has 0 aliphatic heterocycles. The lowest BCUT2D eigenvalue weighted by atomic mass is 10.2. The second kappa shape index (κ2) is 5.30. The Kier molecular flexibility index (Phi) is 3.56. The number of carboxylic acids is 1. The molecule has 2 aromatic rings. The molecule has 0 unspecified atom stereocenters. The summed E-state index contributed by atoms with van der Waals surface area (Å²) in [5, 5.41) is 18.2. The van der Waals surface area contributed by atoms with E-state index in [0.717, 1.165) is 0 Å². The van der Waals surface area contributed by atoms with E-state index < -0.39 is 5.97 Å². The Morgan fingerprint density at radius 1 is 1.16 bits per heavy atom. The maximum atomic E-state index is 12.7. The molecular weight excluding hydrogens is 249 g/mol. The predicted molar refractivity (Wildman–Crippen MR) is 68.7 cm³/mol. The van der Waals surface area contributed by atoms with E-state index in [0.29, 0.717) is 11.3 Å². The largest absolute Gasteiger partial charge is 0.507 e. The molecule has 4 nitrogen and oxygen atoms in total. The van der Waals surface area contributed by atoms with Crippen molar-refractivity contribution in [2.24, 2.45) is 4.99 Å². The molecule has 0 heterocycles. The van der Waals surface area contributed by atoms with Gasteiger partial charge in [-0.05, 0) is 35.9 Å². The molecule has 5 heteroatoms. The average Bonchev–Trinajstić information content (AvgIpc) is 2.39. The van der Waals surface area contributed by atoms with E-state index in [1.54, 1.807) is 12.1 Å². The topological polar surface area (TPSA) is 69.9 Å². The van der Waals surface area contributed by atoms with Gasteiger partial charge >= 0.3 is 5.97 Å². The minimum Gasteiger partial charge on any atom is -0.507 e. The van der Waals surface area contributed by atoms with Gasteiger partial charge in [0, 0.05) is 6.21 Å². The number of aliphatic imine (C=N–C) groups is 1. The number of aromatic carboxylic acids is 1. The summed E-state index contributed by atoms with van der Waals surface area (Å²) < 4.78 is 12.7. The summed E-state index contributed by atoms with van der Waals surface area (Å²) in [7, 11) is 0.